The summed E-state index contributed by atoms with van der Waals surface area (Å²) in [5, 5.41) is 0.974. The van der Waals surface area contributed by atoms with Crippen LogP contribution in [0.5, 0.6) is 0 Å². The van der Waals surface area contributed by atoms with E-state index in [4.69, 9.17) is 47.0 Å². The van der Waals surface area contributed by atoms with Gasteiger partial charge in [0.1, 0.15) is 5.82 Å². The second-order valence-electron chi connectivity index (χ2n) is 4.18. The molecule has 20 heavy (non-hydrogen) atoms. The van der Waals surface area contributed by atoms with Crippen LogP contribution >= 0.6 is 47.0 Å². The molecule has 0 fully saturated rings. The average Bonchev–Trinajstić information content (AvgIpc) is 2.64. The molecule has 1 heterocycles. The topological polar surface area (TPSA) is 20.7 Å². The van der Waals surface area contributed by atoms with Crippen molar-refractivity contribution in [3.8, 4) is 5.69 Å². The number of H-pyrrole nitrogens is 1. The highest BCUT2D eigenvalue weighted by molar-refractivity contribution is 7.71. The van der Waals surface area contributed by atoms with Crippen LogP contribution in [-0.4, -0.2) is 9.55 Å². The van der Waals surface area contributed by atoms with Gasteiger partial charge in [0.15, 0.2) is 4.77 Å². The Bertz CT molecular complexity index is 865. The van der Waals surface area contributed by atoms with E-state index in [-0.39, 0.29) is 5.02 Å². The van der Waals surface area contributed by atoms with Crippen LogP contribution in [0, 0.1) is 10.6 Å². The Balaban J connectivity index is 2.38. The van der Waals surface area contributed by atoms with Crippen LogP contribution in [0.25, 0.3) is 16.7 Å². The minimum absolute atomic E-state index is 0.0324. The van der Waals surface area contributed by atoms with E-state index in [1.54, 1.807) is 22.8 Å². The maximum atomic E-state index is 13.7. The lowest BCUT2D eigenvalue weighted by Gasteiger charge is -2.06. The van der Waals surface area contributed by atoms with Crippen molar-refractivity contribution in [2.45, 2.75) is 0 Å². The molecule has 0 radical (unpaired) electrons. The van der Waals surface area contributed by atoms with Gasteiger partial charge in [0.2, 0.25) is 0 Å². The molecule has 2 nitrogen and oxygen atoms in total. The summed E-state index contributed by atoms with van der Waals surface area (Å²) in [6, 6.07) is 7.82. The highest BCUT2D eigenvalue weighted by atomic mass is 35.5. The molecule has 1 aromatic heterocycles. The average molecular weight is 348 g/mol. The molecular formula is C13H6Cl3FN2S. The molecule has 0 bridgehead atoms. The van der Waals surface area contributed by atoms with Crippen molar-refractivity contribution in [3.05, 3.63) is 56.0 Å². The molecule has 0 saturated carbocycles. The maximum absolute atomic E-state index is 13.7. The third kappa shape index (κ3) is 2.33. The number of rotatable bonds is 1. The van der Waals surface area contributed by atoms with E-state index in [1.807, 2.05) is 0 Å². The van der Waals surface area contributed by atoms with Crippen molar-refractivity contribution in [2.75, 3.05) is 0 Å². The first-order valence-electron chi connectivity index (χ1n) is 5.52. The molecule has 3 aromatic rings. The summed E-state index contributed by atoms with van der Waals surface area (Å²) >= 11 is 23.0. The number of aromatic nitrogens is 2. The minimum Gasteiger partial charge on any atom is -0.330 e. The van der Waals surface area contributed by atoms with Gasteiger partial charge in [-0.25, -0.2) is 4.39 Å². The number of hydrogen-bond acceptors (Lipinski definition) is 1. The van der Waals surface area contributed by atoms with Crippen molar-refractivity contribution >= 4 is 58.1 Å². The highest BCUT2D eigenvalue weighted by Crippen LogP contribution is 2.28. The fourth-order valence-electron chi connectivity index (χ4n) is 2.03. The number of fused-ring (bicyclic) bond motifs is 1. The Kier molecular flexibility index (Phi) is 3.50. The Hall–Kier alpha value is -1.07. The van der Waals surface area contributed by atoms with Gasteiger partial charge < -0.3 is 4.98 Å². The second kappa shape index (κ2) is 5.04. The molecule has 0 unspecified atom stereocenters. The molecule has 1 N–H and O–H groups in total. The summed E-state index contributed by atoms with van der Waals surface area (Å²) in [7, 11) is 0. The molecule has 3 rings (SSSR count). The Morgan fingerprint density at radius 3 is 2.30 bits per heavy atom. The molecule has 2 aromatic carbocycles. The van der Waals surface area contributed by atoms with E-state index in [0.717, 1.165) is 0 Å². The van der Waals surface area contributed by atoms with Crippen LogP contribution in [0.2, 0.25) is 15.1 Å². The predicted molar refractivity (Wildman–Crippen MR) is 83.4 cm³/mol. The molecule has 0 amide bonds. The van der Waals surface area contributed by atoms with Gasteiger partial charge in [-0.15, -0.1) is 0 Å². The lowest BCUT2D eigenvalue weighted by atomic mass is 10.2. The van der Waals surface area contributed by atoms with Gasteiger partial charge in [-0.3, -0.25) is 4.57 Å². The zero-order valence-electron chi connectivity index (χ0n) is 9.75. The summed E-state index contributed by atoms with van der Waals surface area (Å²) < 4.78 is 15.7. The molecule has 0 atom stereocenters. The second-order valence-corrected chi connectivity index (χ2v) is 5.84. The summed E-state index contributed by atoms with van der Waals surface area (Å²) in [5.41, 5.74) is 1.85. The normalized spacial score (nSPS) is 11.2. The first-order valence-corrected chi connectivity index (χ1v) is 7.06. The SMILES string of the molecule is Fc1cc2c(cc1Cl)[nH]c(=S)n2-c1cc(Cl)cc(Cl)c1. The van der Waals surface area contributed by atoms with E-state index in [2.05, 4.69) is 4.98 Å². The van der Waals surface area contributed by atoms with Gasteiger partial charge in [0, 0.05) is 16.1 Å². The summed E-state index contributed by atoms with van der Waals surface area (Å²) in [6.45, 7) is 0. The zero-order valence-corrected chi connectivity index (χ0v) is 12.8. The van der Waals surface area contributed by atoms with Crippen molar-refractivity contribution in [3.63, 3.8) is 0 Å². The van der Waals surface area contributed by atoms with Crippen LogP contribution in [0.1, 0.15) is 0 Å². The number of halogens is 4. The molecule has 0 spiro atoms. The van der Waals surface area contributed by atoms with Crippen molar-refractivity contribution in [1.82, 2.24) is 9.55 Å². The predicted octanol–water partition coefficient (Wildman–Crippen LogP) is 5.79. The summed E-state index contributed by atoms with van der Waals surface area (Å²) in [6.07, 6.45) is 0. The number of nitrogens with one attached hydrogen (secondary N) is 1. The number of hydrogen-bond donors (Lipinski definition) is 1. The lowest BCUT2D eigenvalue weighted by Crippen LogP contribution is -1.94. The van der Waals surface area contributed by atoms with Gasteiger partial charge in [-0.05, 0) is 36.5 Å². The standard InChI is InChI=1S/C13H6Cl3FN2S/c14-6-1-7(15)3-8(2-6)19-12-5-10(17)9(16)4-11(12)18-13(19)20/h1-5H,(H,18,20). The van der Waals surface area contributed by atoms with E-state index in [9.17, 15) is 4.39 Å². The van der Waals surface area contributed by atoms with E-state index < -0.39 is 5.82 Å². The number of aromatic amines is 1. The smallest absolute Gasteiger partial charge is 0.182 e. The molecule has 7 heteroatoms. The third-order valence-corrected chi connectivity index (χ3v) is 3.84. The highest BCUT2D eigenvalue weighted by Gasteiger charge is 2.11. The molecule has 102 valence electrons. The van der Waals surface area contributed by atoms with E-state index in [1.165, 1.54) is 12.1 Å². The van der Waals surface area contributed by atoms with Gasteiger partial charge in [0.25, 0.3) is 0 Å². The van der Waals surface area contributed by atoms with Crippen LogP contribution in [0.4, 0.5) is 4.39 Å². The van der Waals surface area contributed by atoms with Gasteiger partial charge in [0.05, 0.1) is 21.7 Å². The van der Waals surface area contributed by atoms with Gasteiger partial charge in [-0.2, -0.15) is 0 Å². The lowest BCUT2D eigenvalue weighted by molar-refractivity contribution is 0.629. The van der Waals surface area contributed by atoms with Crippen LogP contribution in [0.3, 0.4) is 0 Å². The van der Waals surface area contributed by atoms with Crippen LogP contribution < -0.4 is 0 Å². The molecule has 0 aliphatic carbocycles. The van der Waals surface area contributed by atoms with Crippen molar-refractivity contribution < 1.29 is 4.39 Å². The maximum Gasteiger partial charge on any atom is 0.182 e. The number of benzene rings is 2. The third-order valence-electron chi connectivity index (χ3n) is 2.83. The Morgan fingerprint density at radius 2 is 1.65 bits per heavy atom. The van der Waals surface area contributed by atoms with Crippen molar-refractivity contribution in [1.29, 1.82) is 0 Å². The largest absolute Gasteiger partial charge is 0.330 e. The quantitative estimate of drug-likeness (QED) is 0.553. The fraction of sp³-hybridized carbons (Fsp3) is 0. The fourth-order valence-corrected chi connectivity index (χ4v) is 3.02. The van der Waals surface area contributed by atoms with Crippen molar-refractivity contribution in [2.24, 2.45) is 0 Å². The van der Waals surface area contributed by atoms with Gasteiger partial charge in [-0.1, -0.05) is 34.8 Å². The first-order chi connectivity index (χ1) is 9.45. The molecule has 0 aliphatic rings. The van der Waals surface area contributed by atoms with Crippen LogP contribution in [-0.2, 0) is 0 Å². The molecule has 0 saturated heterocycles. The van der Waals surface area contributed by atoms with Gasteiger partial charge >= 0.3 is 0 Å². The van der Waals surface area contributed by atoms with Crippen LogP contribution in [0.15, 0.2) is 30.3 Å². The monoisotopic (exact) mass is 346 g/mol. The number of imidazole rings is 1. The Morgan fingerprint density at radius 1 is 1.00 bits per heavy atom. The summed E-state index contributed by atoms with van der Waals surface area (Å²) in [5.74, 6) is -0.518. The minimum atomic E-state index is -0.518. The molecule has 0 aliphatic heterocycles. The molecular weight excluding hydrogens is 342 g/mol. The Labute approximate surface area is 133 Å². The van der Waals surface area contributed by atoms with E-state index in [0.29, 0.717) is 31.5 Å². The summed E-state index contributed by atoms with van der Waals surface area (Å²) in [4.78, 5) is 2.97. The number of nitrogens with zero attached hydrogens (tertiary/aromatic N) is 1. The first kappa shape index (κ1) is 13.9. The zero-order chi connectivity index (χ0) is 14.4. The van der Waals surface area contributed by atoms with E-state index >= 15 is 0 Å².